The van der Waals surface area contributed by atoms with Crippen LogP contribution in [0.15, 0.2) is 10.6 Å². The van der Waals surface area contributed by atoms with Crippen LogP contribution in [0, 0.1) is 0 Å². The number of carbonyl (C=O) groups is 1. The summed E-state index contributed by atoms with van der Waals surface area (Å²) in [6.07, 6.45) is -1.46. The summed E-state index contributed by atoms with van der Waals surface area (Å²) in [6.45, 7) is 0. The molecule has 0 spiro atoms. The summed E-state index contributed by atoms with van der Waals surface area (Å²) < 4.78 is 8.34. The number of carboxylic acid groups (broad SMARTS) is 1. The summed E-state index contributed by atoms with van der Waals surface area (Å²) in [4.78, 5) is 9.83. The molecule has 10 heavy (non-hydrogen) atoms. The fourth-order valence-corrected chi connectivity index (χ4v) is 0.405. The predicted molar refractivity (Wildman–Crippen MR) is 29.6 cm³/mol. The molecule has 0 aliphatic carbocycles. The van der Waals surface area contributed by atoms with Crippen LogP contribution >= 0.6 is 0 Å². The molecular weight excluding hydrogens is 140 g/mol. The van der Waals surface area contributed by atoms with Crippen LogP contribution in [0.4, 0.5) is 10.6 Å². The third-order valence-electron chi connectivity index (χ3n) is 0.695. The van der Waals surface area contributed by atoms with E-state index < -0.39 is 6.16 Å². The van der Waals surface area contributed by atoms with Gasteiger partial charge in [0.2, 0.25) is 0 Å². The van der Waals surface area contributed by atoms with Crippen molar-refractivity contribution >= 4 is 12.0 Å². The average Bonchev–Trinajstić information content (AvgIpc) is 2.13. The van der Waals surface area contributed by atoms with Gasteiger partial charge in [0.25, 0.3) is 0 Å². The van der Waals surface area contributed by atoms with Crippen LogP contribution in [-0.2, 0) is 0 Å². The van der Waals surface area contributed by atoms with Crippen molar-refractivity contribution in [3.05, 3.63) is 6.07 Å². The second-order valence-corrected chi connectivity index (χ2v) is 1.44. The summed E-state index contributed by atoms with van der Waals surface area (Å²) in [5.41, 5.74) is 5.08. The molecule has 0 atom stereocenters. The van der Waals surface area contributed by atoms with E-state index in [1.807, 2.05) is 0 Å². The van der Waals surface area contributed by atoms with Gasteiger partial charge in [-0.15, -0.1) is 0 Å². The molecule has 0 unspecified atom stereocenters. The maximum Gasteiger partial charge on any atom is 0.513 e. The molecule has 0 bridgehead atoms. The highest BCUT2D eigenvalue weighted by molar-refractivity contribution is 5.60. The molecule has 0 fully saturated rings. The van der Waals surface area contributed by atoms with Gasteiger partial charge < -0.3 is 20.1 Å². The maximum atomic E-state index is 9.83. The highest BCUT2D eigenvalue weighted by Crippen LogP contribution is 2.12. The van der Waals surface area contributed by atoms with Gasteiger partial charge in [-0.1, -0.05) is 5.16 Å². The molecule has 1 heterocycles. The zero-order valence-electron chi connectivity index (χ0n) is 4.77. The molecule has 1 rings (SSSR count). The second kappa shape index (κ2) is 2.26. The van der Waals surface area contributed by atoms with Gasteiger partial charge in [-0.05, 0) is 0 Å². The van der Waals surface area contributed by atoms with E-state index >= 15 is 0 Å². The lowest BCUT2D eigenvalue weighted by molar-refractivity contribution is 0.128. The topological polar surface area (TPSA) is 98.6 Å². The first-order valence-electron chi connectivity index (χ1n) is 2.31. The minimum atomic E-state index is -1.46. The van der Waals surface area contributed by atoms with E-state index in [4.69, 9.17) is 10.8 Å². The van der Waals surface area contributed by atoms with Crippen molar-refractivity contribution in [2.24, 2.45) is 0 Å². The van der Waals surface area contributed by atoms with Crippen molar-refractivity contribution in [1.82, 2.24) is 5.16 Å². The van der Waals surface area contributed by atoms with Crippen molar-refractivity contribution in [2.75, 3.05) is 5.73 Å². The molecule has 0 aliphatic rings. The van der Waals surface area contributed by atoms with Crippen molar-refractivity contribution < 1.29 is 19.2 Å². The average molecular weight is 144 g/mol. The smallest absolute Gasteiger partial charge is 0.449 e. The van der Waals surface area contributed by atoms with Crippen LogP contribution in [0.1, 0.15) is 0 Å². The number of ether oxygens (including phenoxy) is 1. The Bertz CT molecular complexity index is 243. The summed E-state index contributed by atoms with van der Waals surface area (Å²) in [5.74, 6) is -0.152. The van der Waals surface area contributed by atoms with E-state index in [2.05, 4.69) is 14.4 Å². The van der Waals surface area contributed by atoms with Gasteiger partial charge in [0.15, 0.2) is 5.82 Å². The van der Waals surface area contributed by atoms with Gasteiger partial charge in [-0.25, -0.2) is 4.79 Å². The Morgan fingerprint density at radius 2 is 2.60 bits per heavy atom. The van der Waals surface area contributed by atoms with Gasteiger partial charge >= 0.3 is 12.1 Å². The van der Waals surface area contributed by atoms with E-state index in [-0.39, 0.29) is 11.8 Å². The van der Waals surface area contributed by atoms with Crippen molar-refractivity contribution in [3.63, 3.8) is 0 Å². The van der Waals surface area contributed by atoms with E-state index in [9.17, 15) is 4.79 Å². The predicted octanol–water partition coefficient (Wildman–Crippen LogP) is 0.314. The minimum Gasteiger partial charge on any atom is -0.449 e. The molecule has 1 aromatic rings. The normalized spacial score (nSPS) is 9.20. The molecule has 54 valence electrons. The third kappa shape index (κ3) is 1.38. The zero-order chi connectivity index (χ0) is 7.56. The lowest BCUT2D eigenvalue weighted by atomic mass is 10.6. The molecule has 0 saturated heterocycles. The molecule has 0 saturated carbocycles. The fraction of sp³-hybridized carbons (Fsp3) is 0. The molecule has 3 N–H and O–H groups in total. The Morgan fingerprint density at radius 1 is 1.90 bits per heavy atom. The van der Waals surface area contributed by atoms with Gasteiger partial charge in [-0.3, -0.25) is 0 Å². The zero-order valence-corrected chi connectivity index (χ0v) is 4.77. The minimum absolute atomic E-state index is 0.0799. The molecule has 6 nitrogen and oxygen atoms in total. The standard InChI is InChI=1S/C4H4N2O4/c5-2-1-3(10-6-2)9-4(7)8/h1H,(H2,5,6)(H,7,8). The summed E-state index contributed by atoms with van der Waals surface area (Å²) >= 11 is 0. The third-order valence-corrected chi connectivity index (χ3v) is 0.695. The van der Waals surface area contributed by atoms with Gasteiger partial charge in [0, 0.05) is 0 Å². The molecular formula is C4H4N2O4. The second-order valence-electron chi connectivity index (χ2n) is 1.44. The molecule has 0 aliphatic heterocycles. The first kappa shape index (κ1) is 6.40. The Kier molecular flexibility index (Phi) is 1.44. The van der Waals surface area contributed by atoms with Crippen molar-refractivity contribution in [1.29, 1.82) is 0 Å². The van der Waals surface area contributed by atoms with Crippen LogP contribution in [-0.4, -0.2) is 16.4 Å². The number of nitrogens with zero attached hydrogens (tertiary/aromatic N) is 1. The Balaban J connectivity index is 2.67. The largest absolute Gasteiger partial charge is 0.513 e. The van der Waals surface area contributed by atoms with Crippen LogP contribution in [0.25, 0.3) is 0 Å². The maximum absolute atomic E-state index is 9.83. The molecule has 0 amide bonds. The number of nitrogen functional groups attached to an aromatic ring is 1. The van der Waals surface area contributed by atoms with Gasteiger partial charge in [-0.2, -0.15) is 0 Å². The van der Waals surface area contributed by atoms with E-state index in [0.717, 1.165) is 6.07 Å². The number of anilines is 1. The molecule has 1 aromatic heterocycles. The first-order valence-corrected chi connectivity index (χ1v) is 2.31. The van der Waals surface area contributed by atoms with Crippen molar-refractivity contribution in [2.45, 2.75) is 0 Å². The summed E-state index contributed by atoms with van der Waals surface area (Å²) in [5, 5.41) is 11.2. The molecule has 0 radical (unpaired) electrons. The van der Waals surface area contributed by atoms with E-state index in [0.29, 0.717) is 0 Å². The van der Waals surface area contributed by atoms with Gasteiger partial charge in [0.05, 0.1) is 6.07 Å². The van der Waals surface area contributed by atoms with Crippen LogP contribution in [0.5, 0.6) is 5.95 Å². The number of nitrogens with two attached hydrogens (primary N) is 1. The monoisotopic (exact) mass is 144 g/mol. The number of hydrogen-bond donors (Lipinski definition) is 2. The lowest BCUT2D eigenvalue weighted by Gasteiger charge is -1.87. The van der Waals surface area contributed by atoms with Crippen LogP contribution in [0.2, 0.25) is 0 Å². The molecule has 6 heteroatoms. The first-order chi connectivity index (χ1) is 4.68. The summed E-state index contributed by atoms with van der Waals surface area (Å²) in [7, 11) is 0. The Morgan fingerprint density at radius 3 is 3.00 bits per heavy atom. The Hall–Kier alpha value is -1.72. The highest BCUT2D eigenvalue weighted by Gasteiger charge is 2.05. The van der Waals surface area contributed by atoms with Gasteiger partial charge in [0.1, 0.15) is 0 Å². The fourth-order valence-electron chi connectivity index (χ4n) is 0.405. The number of rotatable bonds is 1. The molecule has 0 aromatic carbocycles. The van der Waals surface area contributed by atoms with E-state index in [1.165, 1.54) is 0 Å². The van der Waals surface area contributed by atoms with Crippen LogP contribution < -0.4 is 10.5 Å². The highest BCUT2D eigenvalue weighted by atomic mass is 16.7. The van der Waals surface area contributed by atoms with Crippen molar-refractivity contribution in [3.8, 4) is 5.95 Å². The number of aromatic nitrogens is 1. The lowest BCUT2D eigenvalue weighted by Crippen LogP contribution is -2.01. The Labute approximate surface area is 55.2 Å². The SMILES string of the molecule is Nc1cc(OC(=O)O)on1. The summed E-state index contributed by atoms with van der Waals surface area (Å²) in [6, 6.07) is 1.16. The quantitative estimate of drug-likeness (QED) is 0.550. The van der Waals surface area contributed by atoms with Crippen LogP contribution in [0.3, 0.4) is 0 Å². The van der Waals surface area contributed by atoms with E-state index in [1.54, 1.807) is 0 Å². The number of hydrogen-bond acceptors (Lipinski definition) is 5.